The minimum atomic E-state index is -0.0219. The highest BCUT2D eigenvalue weighted by Gasteiger charge is 2.19. The number of para-hydroxylation sites is 1. The highest BCUT2D eigenvalue weighted by Crippen LogP contribution is 2.26. The normalized spacial score (nSPS) is 14.4. The van der Waals surface area contributed by atoms with E-state index in [1.165, 1.54) is 11.1 Å². The van der Waals surface area contributed by atoms with E-state index in [1.807, 2.05) is 30.3 Å². The number of rotatable bonds is 12. The third-order valence-electron chi connectivity index (χ3n) is 7.75. The summed E-state index contributed by atoms with van der Waals surface area (Å²) in [5.74, 6) is 1.02. The second kappa shape index (κ2) is 13.5. The summed E-state index contributed by atoms with van der Waals surface area (Å²) in [6.45, 7) is 10.4. The molecule has 2 N–H and O–H groups in total. The van der Waals surface area contributed by atoms with Gasteiger partial charge in [0, 0.05) is 57.4 Å². The minimum Gasteiger partial charge on any atom is -0.508 e. The summed E-state index contributed by atoms with van der Waals surface area (Å²) in [6.07, 6.45) is 4.03. The number of aromatic hydroxyl groups is 1. The van der Waals surface area contributed by atoms with Crippen LogP contribution >= 0.6 is 0 Å². The van der Waals surface area contributed by atoms with Crippen molar-refractivity contribution in [2.24, 2.45) is 0 Å². The lowest BCUT2D eigenvalue weighted by molar-refractivity contribution is 0.0952. The molecule has 0 unspecified atom stereocenters. The second-order valence-corrected chi connectivity index (χ2v) is 10.5. The van der Waals surface area contributed by atoms with E-state index in [0.29, 0.717) is 13.2 Å². The molecule has 0 spiro atoms. The molecule has 2 heterocycles. The summed E-state index contributed by atoms with van der Waals surface area (Å²) in [5.41, 5.74) is 4.32. The number of nitrogens with zero attached hydrogens (tertiary/aromatic N) is 3. The standard InChI is InChI=1S/C33H40N4O3/c1-2-27-10-6-11-30-31(33(39)34-24-26-8-4-3-5-9-26)25-37(32(27)30)17-7-16-35-18-20-36(21-19-35)22-23-40-29-14-12-28(38)13-15-29/h3-6,8-15,25,38H,2,7,16-24H2,1H3,(H,34,39). The highest BCUT2D eigenvalue weighted by molar-refractivity contribution is 6.07. The molecule has 3 aromatic carbocycles. The number of aromatic nitrogens is 1. The van der Waals surface area contributed by atoms with Crippen LogP contribution in [-0.2, 0) is 19.5 Å². The van der Waals surface area contributed by atoms with Crippen LogP contribution < -0.4 is 10.1 Å². The van der Waals surface area contributed by atoms with Crippen molar-refractivity contribution in [1.82, 2.24) is 19.7 Å². The Morgan fingerprint density at radius 1 is 0.875 bits per heavy atom. The maximum Gasteiger partial charge on any atom is 0.253 e. The Balaban J connectivity index is 1.12. The van der Waals surface area contributed by atoms with Crippen LogP contribution in [0.25, 0.3) is 10.9 Å². The van der Waals surface area contributed by atoms with Crippen molar-refractivity contribution in [1.29, 1.82) is 0 Å². The maximum absolute atomic E-state index is 13.2. The van der Waals surface area contributed by atoms with E-state index >= 15 is 0 Å². The van der Waals surface area contributed by atoms with E-state index < -0.39 is 0 Å². The highest BCUT2D eigenvalue weighted by atomic mass is 16.5. The van der Waals surface area contributed by atoms with Crippen molar-refractivity contribution in [3.63, 3.8) is 0 Å². The van der Waals surface area contributed by atoms with E-state index in [-0.39, 0.29) is 11.7 Å². The van der Waals surface area contributed by atoms with Crippen molar-refractivity contribution in [3.8, 4) is 11.5 Å². The smallest absolute Gasteiger partial charge is 0.253 e. The van der Waals surface area contributed by atoms with Gasteiger partial charge in [-0.3, -0.25) is 9.69 Å². The van der Waals surface area contributed by atoms with Crippen LogP contribution in [0, 0.1) is 0 Å². The molecule has 0 saturated carbocycles. The Labute approximate surface area is 237 Å². The number of nitrogens with one attached hydrogen (secondary N) is 1. The molecular formula is C33H40N4O3. The molecule has 1 aliphatic heterocycles. The van der Waals surface area contributed by atoms with Crippen LogP contribution in [0.4, 0.5) is 0 Å². The van der Waals surface area contributed by atoms with Crippen LogP contribution in [0.15, 0.2) is 79.0 Å². The number of hydrogen-bond acceptors (Lipinski definition) is 5. The summed E-state index contributed by atoms with van der Waals surface area (Å²) in [5, 5.41) is 13.5. The molecule has 0 bridgehead atoms. The van der Waals surface area contributed by atoms with Gasteiger partial charge in [0.1, 0.15) is 18.1 Å². The average molecular weight is 541 g/mol. The fraction of sp³-hybridized carbons (Fsp3) is 0.364. The average Bonchev–Trinajstić information content (AvgIpc) is 3.37. The molecule has 1 aromatic heterocycles. The zero-order valence-electron chi connectivity index (χ0n) is 23.4. The molecule has 4 aromatic rings. The second-order valence-electron chi connectivity index (χ2n) is 10.5. The van der Waals surface area contributed by atoms with Crippen LogP contribution in [0.1, 0.15) is 34.8 Å². The van der Waals surface area contributed by atoms with Gasteiger partial charge < -0.3 is 24.6 Å². The Morgan fingerprint density at radius 2 is 1.60 bits per heavy atom. The first-order valence-corrected chi connectivity index (χ1v) is 14.4. The zero-order valence-corrected chi connectivity index (χ0v) is 23.4. The molecule has 0 atom stereocenters. The molecular weight excluding hydrogens is 500 g/mol. The third kappa shape index (κ3) is 7.03. The molecule has 40 heavy (non-hydrogen) atoms. The van der Waals surface area contributed by atoms with Crippen LogP contribution in [0.3, 0.4) is 0 Å². The maximum atomic E-state index is 13.2. The number of phenols is 1. The number of amides is 1. The quantitative estimate of drug-likeness (QED) is 0.267. The zero-order chi connectivity index (χ0) is 27.7. The van der Waals surface area contributed by atoms with Crippen LogP contribution in [0.2, 0.25) is 0 Å². The van der Waals surface area contributed by atoms with Crippen molar-refractivity contribution in [2.45, 2.75) is 32.9 Å². The summed E-state index contributed by atoms with van der Waals surface area (Å²) in [6, 6.07) is 23.2. The predicted molar refractivity (Wildman–Crippen MR) is 160 cm³/mol. The number of phenolic OH excluding ortho intramolecular Hbond substituents is 1. The van der Waals surface area contributed by atoms with E-state index in [2.05, 4.69) is 51.0 Å². The number of hydrogen-bond donors (Lipinski definition) is 2. The van der Waals surface area contributed by atoms with Crippen molar-refractivity contribution in [2.75, 3.05) is 45.9 Å². The van der Waals surface area contributed by atoms with Gasteiger partial charge in [-0.05, 0) is 54.8 Å². The number of carbonyl (C=O) groups is 1. The molecule has 1 amide bonds. The molecule has 210 valence electrons. The lowest BCUT2D eigenvalue weighted by Crippen LogP contribution is -2.47. The van der Waals surface area contributed by atoms with E-state index in [0.717, 1.165) is 80.9 Å². The van der Waals surface area contributed by atoms with Gasteiger partial charge in [0.15, 0.2) is 0 Å². The lowest BCUT2D eigenvalue weighted by Gasteiger charge is -2.34. The number of aryl methyl sites for hydroxylation is 2. The number of carbonyl (C=O) groups excluding carboxylic acids is 1. The fourth-order valence-corrected chi connectivity index (χ4v) is 5.49. The van der Waals surface area contributed by atoms with Gasteiger partial charge in [-0.15, -0.1) is 0 Å². The first-order chi connectivity index (χ1) is 19.6. The van der Waals surface area contributed by atoms with Crippen molar-refractivity contribution >= 4 is 16.8 Å². The van der Waals surface area contributed by atoms with Gasteiger partial charge in [-0.1, -0.05) is 55.5 Å². The van der Waals surface area contributed by atoms with Gasteiger partial charge in [-0.2, -0.15) is 0 Å². The molecule has 7 nitrogen and oxygen atoms in total. The SMILES string of the molecule is CCc1cccc2c(C(=O)NCc3ccccc3)cn(CCCN3CCN(CCOc4ccc(O)cc4)CC3)c12. The number of fused-ring (bicyclic) bond motifs is 1. The van der Waals surface area contributed by atoms with Crippen LogP contribution in [-0.4, -0.2) is 71.3 Å². The van der Waals surface area contributed by atoms with E-state index in [1.54, 1.807) is 24.3 Å². The van der Waals surface area contributed by atoms with Crippen molar-refractivity contribution in [3.05, 3.63) is 95.7 Å². The molecule has 1 fully saturated rings. The first-order valence-electron chi connectivity index (χ1n) is 14.4. The molecule has 1 aliphatic rings. The number of benzene rings is 3. The largest absolute Gasteiger partial charge is 0.508 e. The van der Waals surface area contributed by atoms with Crippen LogP contribution in [0.5, 0.6) is 11.5 Å². The molecule has 5 rings (SSSR count). The molecule has 1 saturated heterocycles. The monoisotopic (exact) mass is 540 g/mol. The van der Waals surface area contributed by atoms with Gasteiger partial charge in [-0.25, -0.2) is 0 Å². The minimum absolute atomic E-state index is 0.0219. The van der Waals surface area contributed by atoms with E-state index in [4.69, 9.17) is 4.74 Å². The summed E-state index contributed by atoms with van der Waals surface area (Å²) >= 11 is 0. The Hall–Kier alpha value is -3.81. The predicted octanol–water partition coefficient (Wildman–Crippen LogP) is 4.93. The summed E-state index contributed by atoms with van der Waals surface area (Å²) in [4.78, 5) is 18.2. The Morgan fingerprint density at radius 3 is 2.33 bits per heavy atom. The van der Waals surface area contributed by atoms with Gasteiger partial charge in [0.05, 0.1) is 11.1 Å². The fourth-order valence-electron chi connectivity index (χ4n) is 5.49. The molecule has 0 radical (unpaired) electrons. The Kier molecular flexibility index (Phi) is 9.37. The lowest BCUT2D eigenvalue weighted by atomic mass is 10.1. The molecule has 0 aliphatic carbocycles. The van der Waals surface area contributed by atoms with Crippen molar-refractivity contribution < 1.29 is 14.6 Å². The van der Waals surface area contributed by atoms with Gasteiger partial charge in [0.2, 0.25) is 0 Å². The first kappa shape index (κ1) is 27.7. The van der Waals surface area contributed by atoms with Gasteiger partial charge in [0.25, 0.3) is 5.91 Å². The summed E-state index contributed by atoms with van der Waals surface area (Å²) in [7, 11) is 0. The van der Waals surface area contributed by atoms with Gasteiger partial charge >= 0.3 is 0 Å². The number of piperazine rings is 1. The third-order valence-corrected chi connectivity index (χ3v) is 7.75. The summed E-state index contributed by atoms with van der Waals surface area (Å²) < 4.78 is 8.11. The topological polar surface area (TPSA) is 70.0 Å². The molecule has 7 heteroatoms. The number of ether oxygens (including phenoxy) is 1. The van der Waals surface area contributed by atoms with E-state index in [9.17, 15) is 9.90 Å². The Bertz CT molecular complexity index is 1380.